The fourth-order valence-corrected chi connectivity index (χ4v) is 1.94. The number of aromatic nitrogens is 1. The Morgan fingerprint density at radius 2 is 1.89 bits per heavy atom. The zero-order valence-corrected chi connectivity index (χ0v) is 11.8. The summed E-state index contributed by atoms with van der Waals surface area (Å²) in [5.74, 6) is 0.874. The van der Waals surface area contributed by atoms with Gasteiger partial charge in [0.25, 0.3) is 0 Å². The van der Waals surface area contributed by atoms with Crippen LogP contribution in [0, 0.1) is 0 Å². The Hall–Kier alpha value is -1.58. The molecule has 1 N–H and O–H groups in total. The van der Waals surface area contributed by atoms with Crippen molar-refractivity contribution in [1.82, 2.24) is 4.98 Å². The summed E-state index contributed by atoms with van der Waals surface area (Å²) in [6, 6.07) is 11.6. The maximum Gasteiger partial charge on any atom is 0.128 e. The number of anilines is 1. The molecule has 0 saturated carbocycles. The van der Waals surface area contributed by atoms with Crippen LogP contribution < -0.4 is 4.90 Å². The summed E-state index contributed by atoms with van der Waals surface area (Å²) in [5, 5.41) is 10.2. The Balaban J connectivity index is 2.07. The molecule has 0 radical (unpaired) electrons. The molecule has 1 heterocycles. The molecule has 3 nitrogen and oxygen atoms in total. The number of aliphatic hydroxyl groups excluding tert-OH is 1. The molecule has 1 aromatic carbocycles. The highest BCUT2D eigenvalue weighted by Crippen LogP contribution is 2.17. The van der Waals surface area contributed by atoms with Gasteiger partial charge in [0.1, 0.15) is 5.82 Å². The van der Waals surface area contributed by atoms with E-state index in [2.05, 4.69) is 9.88 Å². The van der Waals surface area contributed by atoms with Crippen LogP contribution in [0.1, 0.15) is 24.2 Å². The molecule has 0 amide bonds. The predicted molar refractivity (Wildman–Crippen MR) is 78.4 cm³/mol. The van der Waals surface area contributed by atoms with Gasteiger partial charge in [-0.3, -0.25) is 0 Å². The molecule has 4 heteroatoms. The molecule has 0 aliphatic heterocycles. The third-order valence-corrected chi connectivity index (χ3v) is 3.23. The van der Waals surface area contributed by atoms with E-state index in [9.17, 15) is 5.11 Å². The van der Waals surface area contributed by atoms with Crippen molar-refractivity contribution in [3.63, 3.8) is 0 Å². The van der Waals surface area contributed by atoms with Gasteiger partial charge in [-0.1, -0.05) is 29.8 Å². The second-order valence-electron chi connectivity index (χ2n) is 4.61. The van der Waals surface area contributed by atoms with Crippen molar-refractivity contribution >= 4 is 17.4 Å². The van der Waals surface area contributed by atoms with Crippen molar-refractivity contribution in [2.24, 2.45) is 0 Å². The zero-order chi connectivity index (χ0) is 13.8. The first-order valence-corrected chi connectivity index (χ1v) is 6.53. The second-order valence-corrected chi connectivity index (χ2v) is 5.04. The van der Waals surface area contributed by atoms with E-state index in [4.69, 9.17) is 11.6 Å². The van der Waals surface area contributed by atoms with Crippen molar-refractivity contribution in [3.8, 4) is 0 Å². The summed E-state index contributed by atoms with van der Waals surface area (Å²) in [7, 11) is 1.99. The highest BCUT2D eigenvalue weighted by Gasteiger charge is 2.05. The Bertz CT molecular complexity index is 523. The first kappa shape index (κ1) is 13.8. The maximum absolute atomic E-state index is 9.45. The van der Waals surface area contributed by atoms with Crippen molar-refractivity contribution in [2.75, 3.05) is 11.9 Å². The summed E-state index contributed by atoms with van der Waals surface area (Å²) in [4.78, 5) is 6.40. The normalized spacial score (nSPS) is 12.2. The lowest BCUT2D eigenvalue weighted by Gasteiger charge is -2.18. The minimum atomic E-state index is -0.483. The lowest BCUT2D eigenvalue weighted by atomic mass is 10.2. The van der Waals surface area contributed by atoms with Crippen LogP contribution in [0.15, 0.2) is 42.6 Å². The molecule has 1 atom stereocenters. The predicted octanol–water partition coefficient (Wildman–Crippen LogP) is 3.42. The van der Waals surface area contributed by atoms with E-state index in [1.54, 1.807) is 13.1 Å². The molecule has 0 aliphatic carbocycles. The molecule has 0 bridgehead atoms. The van der Waals surface area contributed by atoms with E-state index >= 15 is 0 Å². The SMILES string of the molecule is CC(O)c1ccc(N(C)Cc2ccc(Cl)cc2)nc1. The van der Waals surface area contributed by atoms with Crippen LogP contribution in [0.2, 0.25) is 5.02 Å². The second kappa shape index (κ2) is 6.04. The standard InChI is InChI=1S/C15H17ClN2O/c1-11(19)13-5-8-15(17-9-13)18(2)10-12-3-6-14(16)7-4-12/h3-9,11,19H,10H2,1-2H3. The molecular formula is C15H17ClN2O. The smallest absolute Gasteiger partial charge is 0.128 e. The lowest BCUT2D eigenvalue weighted by molar-refractivity contribution is 0.199. The van der Waals surface area contributed by atoms with Gasteiger partial charge in [0, 0.05) is 24.8 Å². The van der Waals surface area contributed by atoms with E-state index in [1.807, 2.05) is 43.4 Å². The van der Waals surface area contributed by atoms with Gasteiger partial charge in [-0.15, -0.1) is 0 Å². The molecule has 0 aliphatic rings. The van der Waals surface area contributed by atoms with Gasteiger partial charge < -0.3 is 10.0 Å². The van der Waals surface area contributed by atoms with Crippen LogP contribution in [0.3, 0.4) is 0 Å². The van der Waals surface area contributed by atoms with E-state index < -0.39 is 6.10 Å². The molecule has 2 rings (SSSR count). The Morgan fingerprint density at radius 1 is 1.21 bits per heavy atom. The number of benzene rings is 1. The monoisotopic (exact) mass is 276 g/mol. The fraction of sp³-hybridized carbons (Fsp3) is 0.267. The van der Waals surface area contributed by atoms with E-state index in [0.717, 1.165) is 22.9 Å². The van der Waals surface area contributed by atoms with Crippen LogP contribution in [0.4, 0.5) is 5.82 Å². The maximum atomic E-state index is 9.45. The third-order valence-electron chi connectivity index (χ3n) is 2.98. The fourth-order valence-electron chi connectivity index (χ4n) is 1.82. The van der Waals surface area contributed by atoms with Crippen molar-refractivity contribution in [1.29, 1.82) is 0 Å². The number of pyridine rings is 1. The van der Waals surface area contributed by atoms with Crippen molar-refractivity contribution < 1.29 is 5.11 Å². The first-order valence-electron chi connectivity index (χ1n) is 6.16. The van der Waals surface area contributed by atoms with Crippen LogP contribution in [0.5, 0.6) is 0 Å². The Kier molecular flexibility index (Phi) is 4.40. The summed E-state index contributed by atoms with van der Waals surface area (Å²) in [5.41, 5.74) is 2.00. The zero-order valence-electron chi connectivity index (χ0n) is 11.0. The van der Waals surface area contributed by atoms with Gasteiger partial charge >= 0.3 is 0 Å². The minimum absolute atomic E-state index is 0.483. The van der Waals surface area contributed by atoms with E-state index in [0.29, 0.717) is 0 Å². The molecule has 0 spiro atoms. The van der Waals surface area contributed by atoms with Gasteiger partial charge in [-0.05, 0) is 36.2 Å². The summed E-state index contributed by atoms with van der Waals surface area (Å²) < 4.78 is 0. The quantitative estimate of drug-likeness (QED) is 0.929. The average molecular weight is 277 g/mol. The van der Waals surface area contributed by atoms with Gasteiger partial charge in [-0.25, -0.2) is 4.98 Å². The highest BCUT2D eigenvalue weighted by atomic mass is 35.5. The molecule has 1 aromatic heterocycles. The molecule has 2 aromatic rings. The number of hydrogen-bond acceptors (Lipinski definition) is 3. The summed E-state index contributed by atoms with van der Waals surface area (Å²) in [6.07, 6.45) is 1.22. The number of rotatable bonds is 4. The van der Waals surface area contributed by atoms with Gasteiger partial charge in [0.2, 0.25) is 0 Å². The highest BCUT2D eigenvalue weighted by molar-refractivity contribution is 6.30. The first-order chi connectivity index (χ1) is 9.06. The summed E-state index contributed by atoms with van der Waals surface area (Å²) in [6.45, 7) is 2.49. The van der Waals surface area contributed by atoms with Crippen LogP contribution >= 0.6 is 11.6 Å². The third kappa shape index (κ3) is 3.69. The van der Waals surface area contributed by atoms with E-state index in [1.165, 1.54) is 5.56 Å². The lowest BCUT2D eigenvalue weighted by Crippen LogP contribution is -2.17. The average Bonchev–Trinajstić information content (AvgIpc) is 2.41. The molecular weight excluding hydrogens is 260 g/mol. The molecule has 19 heavy (non-hydrogen) atoms. The Morgan fingerprint density at radius 3 is 2.42 bits per heavy atom. The molecule has 0 fully saturated rings. The van der Waals surface area contributed by atoms with E-state index in [-0.39, 0.29) is 0 Å². The number of nitrogens with zero attached hydrogens (tertiary/aromatic N) is 2. The van der Waals surface area contributed by atoms with Crippen molar-refractivity contribution in [2.45, 2.75) is 19.6 Å². The van der Waals surface area contributed by atoms with Crippen LogP contribution in [-0.4, -0.2) is 17.1 Å². The topological polar surface area (TPSA) is 36.4 Å². The van der Waals surface area contributed by atoms with Crippen LogP contribution in [-0.2, 0) is 6.54 Å². The summed E-state index contributed by atoms with van der Waals surface area (Å²) >= 11 is 5.86. The number of halogens is 1. The minimum Gasteiger partial charge on any atom is -0.389 e. The largest absolute Gasteiger partial charge is 0.389 e. The number of hydrogen-bond donors (Lipinski definition) is 1. The molecule has 0 saturated heterocycles. The molecule has 100 valence electrons. The molecule has 1 unspecified atom stereocenters. The van der Waals surface area contributed by atoms with Crippen LogP contribution in [0.25, 0.3) is 0 Å². The van der Waals surface area contributed by atoms with Gasteiger partial charge in [-0.2, -0.15) is 0 Å². The van der Waals surface area contributed by atoms with Gasteiger partial charge in [0.15, 0.2) is 0 Å². The van der Waals surface area contributed by atoms with Gasteiger partial charge in [0.05, 0.1) is 6.10 Å². The van der Waals surface area contributed by atoms with Crippen molar-refractivity contribution in [3.05, 3.63) is 58.7 Å². The number of aliphatic hydroxyl groups is 1. The Labute approximate surface area is 118 Å².